The molecule has 1 atom stereocenters. The van der Waals surface area contributed by atoms with E-state index in [1.165, 1.54) is 12.8 Å². The summed E-state index contributed by atoms with van der Waals surface area (Å²) in [6.45, 7) is 1.18. The Morgan fingerprint density at radius 3 is 2.40 bits per heavy atom. The fourth-order valence-corrected chi connectivity index (χ4v) is 5.26. The number of piperidine rings is 1. The maximum Gasteiger partial charge on any atom is 0.214 e. The Morgan fingerprint density at radius 1 is 1.10 bits per heavy atom. The molecule has 118 valence electrons. The molecular weight excluding hydrogens is 276 g/mol. The molecule has 0 aromatic heterocycles. The highest BCUT2D eigenvalue weighted by molar-refractivity contribution is 7.89. The minimum absolute atomic E-state index is 0.0859. The Kier molecular flexibility index (Phi) is 6.26. The van der Waals surface area contributed by atoms with Crippen LogP contribution in [0, 0.1) is 0 Å². The Hall–Kier alpha value is -0.170. The van der Waals surface area contributed by atoms with Crippen LogP contribution in [0.3, 0.4) is 0 Å². The van der Waals surface area contributed by atoms with E-state index in [1.807, 2.05) is 0 Å². The molecule has 1 aliphatic heterocycles. The minimum Gasteiger partial charge on any atom is -0.395 e. The number of sulfonamides is 1. The van der Waals surface area contributed by atoms with Crippen molar-refractivity contribution in [2.24, 2.45) is 0 Å². The van der Waals surface area contributed by atoms with Crippen molar-refractivity contribution < 1.29 is 13.5 Å². The van der Waals surface area contributed by atoms with Gasteiger partial charge in [0.25, 0.3) is 0 Å². The zero-order valence-electron chi connectivity index (χ0n) is 12.3. The van der Waals surface area contributed by atoms with Gasteiger partial charge in [-0.1, -0.05) is 19.3 Å². The molecule has 1 unspecified atom stereocenters. The molecule has 1 aliphatic carbocycles. The summed E-state index contributed by atoms with van der Waals surface area (Å²) in [6.07, 6.45) is 8.26. The number of nitrogens with zero attached hydrogens (tertiary/aromatic N) is 1. The molecule has 6 heteroatoms. The maximum absolute atomic E-state index is 12.5. The van der Waals surface area contributed by atoms with E-state index in [1.54, 1.807) is 4.31 Å². The molecule has 0 amide bonds. The van der Waals surface area contributed by atoms with Crippen molar-refractivity contribution in [2.75, 3.05) is 25.4 Å². The highest BCUT2D eigenvalue weighted by atomic mass is 32.2. The van der Waals surface area contributed by atoms with E-state index in [2.05, 4.69) is 5.32 Å². The molecule has 20 heavy (non-hydrogen) atoms. The molecule has 2 aliphatic rings. The molecule has 5 nitrogen and oxygen atoms in total. The van der Waals surface area contributed by atoms with Crippen molar-refractivity contribution in [3.8, 4) is 0 Å². The molecular formula is C14H28N2O3S. The molecule has 0 bridgehead atoms. The van der Waals surface area contributed by atoms with Crippen LogP contribution in [0.5, 0.6) is 0 Å². The first-order chi connectivity index (χ1) is 9.63. The van der Waals surface area contributed by atoms with Gasteiger partial charge in [0.2, 0.25) is 10.0 Å². The lowest BCUT2D eigenvalue weighted by Gasteiger charge is -2.29. The summed E-state index contributed by atoms with van der Waals surface area (Å²) in [4.78, 5) is 0. The number of nitrogens with one attached hydrogen (secondary N) is 1. The first-order valence-corrected chi connectivity index (χ1v) is 9.58. The molecule has 2 rings (SSSR count). The van der Waals surface area contributed by atoms with Crippen molar-refractivity contribution in [3.05, 3.63) is 0 Å². The van der Waals surface area contributed by atoms with E-state index in [0.717, 1.165) is 38.6 Å². The van der Waals surface area contributed by atoms with Crippen LogP contribution in [0.25, 0.3) is 0 Å². The van der Waals surface area contributed by atoms with E-state index in [9.17, 15) is 8.42 Å². The number of aliphatic hydroxyl groups excluding tert-OH is 1. The van der Waals surface area contributed by atoms with Gasteiger partial charge in [-0.3, -0.25) is 0 Å². The van der Waals surface area contributed by atoms with Crippen LogP contribution in [0.2, 0.25) is 0 Å². The second-order valence-electron chi connectivity index (χ2n) is 6.02. The monoisotopic (exact) mass is 304 g/mol. The first-order valence-electron chi connectivity index (χ1n) is 7.97. The zero-order chi connectivity index (χ0) is 14.4. The molecule has 1 heterocycles. The standard InChI is InChI=1S/C14H28N2O3S/c17-11-10-16(14-6-1-2-7-14)20(18,19)12-8-13-5-3-4-9-15-13/h13-15,17H,1-12H2. The van der Waals surface area contributed by atoms with E-state index >= 15 is 0 Å². The van der Waals surface area contributed by atoms with E-state index in [-0.39, 0.29) is 24.9 Å². The summed E-state index contributed by atoms with van der Waals surface area (Å²) in [5.41, 5.74) is 0. The number of rotatable bonds is 7. The largest absolute Gasteiger partial charge is 0.395 e. The van der Waals surface area contributed by atoms with Crippen molar-refractivity contribution in [2.45, 2.75) is 63.5 Å². The summed E-state index contributed by atoms with van der Waals surface area (Å²) in [5, 5.41) is 12.6. The van der Waals surface area contributed by atoms with Gasteiger partial charge in [-0.2, -0.15) is 4.31 Å². The Bertz CT molecular complexity index is 374. The lowest BCUT2D eigenvalue weighted by molar-refractivity contribution is 0.226. The van der Waals surface area contributed by atoms with Crippen LogP contribution in [0.15, 0.2) is 0 Å². The summed E-state index contributed by atoms with van der Waals surface area (Å²) in [7, 11) is -3.23. The van der Waals surface area contributed by atoms with Crippen LogP contribution in [-0.2, 0) is 10.0 Å². The van der Waals surface area contributed by atoms with Gasteiger partial charge in [0.05, 0.1) is 12.4 Å². The van der Waals surface area contributed by atoms with Crippen molar-refractivity contribution in [3.63, 3.8) is 0 Å². The smallest absolute Gasteiger partial charge is 0.214 e. The fraction of sp³-hybridized carbons (Fsp3) is 1.00. The average Bonchev–Trinajstić information content (AvgIpc) is 2.97. The topological polar surface area (TPSA) is 69.6 Å². The highest BCUT2D eigenvalue weighted by Crippen LogP contribution is 2.26. The second kappa shape index (κ2) is 7.73. The van der Waals surface area contributed by atoms with E-state index in [0.29, 0.717) is 12.5 Å². The Balaban J connectivity index is 1.90. The van der Waals surface area contributed by atoms with Gasteiger partial charge in [0, 0.05) is 18.6 Å². The van der Waals surface area contributed by atoms with Crippen molar-refractivity contribution in [1.29, 1.82) is 0 Å². The summed E-state index contributed by atoms with van der Waals surface area (Å²) in [6, 6.07) is 0.463. The van der Waals surface area contributed by atoms with Crippen LogP contribution in [-0.4, -0.2) is 55.4 Å². The number of hydrogen-bond acceptors (Lipinski definition) is 4. The zero-order valence-corrected chi connectivity index (χ0v) is 13.1. The lowest BCUT2D eigenvalue weighted by atomic mass is 10.0. The third kappa shape index (κ3) is 4.41. The predicted octanol–water partition coefficient (Wildman–Crippen LogP) is 1.09. The van der Waals surface area contributed by atoms with Gasteiger partial charge in [0.15, 0.2) is 0 Å². The third-order valence-corrected chi connectivity index (χ3v) is 6.49. The summed E-state index contributed by atoms with van der Waals surface area (Å²) in [5.74, 6) is 0.209. The number of hydrogen-bond donors (Lipinski definition) is 2. The van der Waals surface area contributed by atoms with Crippen LogP contribution in [0.1, 0.15) is 51.4 Å². The van der Waals surface area contributed by atoms with Gasteiger partial charge in [-0.05, 0) is 38.6 Å². The predicted molar refractivity (Wildman–Crippen MR) is 80.1 cm³/mol. The average molecular weight is 304 g/mol. The van der Waals surface area contributed by atoms with Crippen LogP contribution in [0.4, 0.5) is 0 Å². The van der Waals surface area contributed by atoms with Gasteiger partial charge >= 0.3 is 0 Å². The molecule has 1 saturated heterocycles. The molecule has 0 spiro atoms. The Morgan fingerprint density at radius 2 is 1.80 bits per heavy atom. The summed E-state index contributed by atoms with van der Waals surface area (Å²) >= 11 is 0. The SMILES string of the molecule is O=S(=O)(CCC1CCCCN1)N(CCO)C1CCCC1. The normalized spacial score (nSPS) is 25.4. The third-order valence-electron chi connectivity index (χ3n) is 4.55. The second-order valence-corrected chi connectivity index (χ2v) is 8.07. The molecule has 1 saturated carbocycles. The van der Waals surface area contributed by atoms with E-state index in [4.69, 9.17) is 5.11 Å². The maximum atomic E-state index is 12.5. The molecule has 2 fully saturated rings. The quantitative estimate of drug-likeness (QED) is 0.738. The lowest BCUT2D eigenvalue weighted by Crippen LogP contribution is -2.43. The first kappa shape index (κ1) is 16.2. The fourth-order valence-electron chi connectivity index (χ4n) is 3.42. The van der Waals surface area contributed by atoms with Crippen molar-refractivity contribution in [1.82, 2.24) is 9.62 Å². The van der Waals surface area contributed by atoms with Gasteiger partial charge in [0.1, 0.15) is 0 Å². The summed E-state index contributed by atoms with van der Waals surface area (Å²) < 4.78 is 26.6. The molecule has 0 radical (unpaired) electrons. The molecule has 0 aromatic carbocycles. The van der Waals surface area contributed by atoms with Crippen LogP contribution < -0.4 is 5.32 Å². The number of aliphatic hydroxyl groups is 1. The van der Waals surface area contributed by atoms with Gasteiger partial charge in [-0.25, -0.2) is 8.42 Å². The van der Waals surface area contributed by atoms with Crippen LogP contribution >= 0.6 is 0 Å². The molecule has 2 N–H and O–H groups in total. The van der Waals surface area contributed by atoms with Gasteiger partial charge in [-0.15, -0.1) is 0 Å². The highest BCUT2D eigenvalue weighted by Gasteiger charge is 2.31. The minimum atomic E-state index is -3.23. The van der Waals surface area contributed by atoms with E-state index < -0.39 is 10.0 Å². The Labute approximate surface area is 122 Å². The van der Waals surface area contributed by atoms with Gasteiger partial charge < -0.3 is 10.4 Å². The molecule has 0 aromatic rings. The van der Waals surface area contributed by atoms with Crippen molar-refractivity contribution >= 4 is 10.0 Å².